The van der Waals surface area contributed by atoms with Crippen molar-refractivity contribution in [2.75, 3.05) is 20.0 Å². The van der Waals surface area contributed by atoms with E-state index >= 15 is 0 Å². The Morgan fingerprint density at radius 3 is 2.62 bits per heavy atom. The second-order valence-electron chi connectivity index (χ2n) is 6.62. The molecule has 1 heterocycles. The number of hydrogen-bond donors (Lipinski definition) is 1. The van der Waals surface area contributed by atoms with Crippen LogP contribution in [0.5, 0.6) is 11.5 Å². The highest BCUT2D eigenvalue weighted by molar-refractivity contribution is 7.92. The Hall–Kier alpha value is -2.09. The van der Waals surface area contributed by atoms with E-state index in [2.05, 4.69) is 0 Å². The molecule has 3 atom stereocenters. The lowest BCUT2D eigenvalue weighted by molar-refractivity contribution is 0.125. The van der Waals surface area contributed by atoms with Gasteiger partial charge in [-0.05, 0) is 36.8 Å². The van der Waals surface area contributed by atoms with E-state index in [1.54, 1.807) is 36.4 Å². The van der Waals surface area contributed by atoms with Crippen LogP contribution in [0.15, 0.2) is 53.4 Å². The van der Waals surface area contributed by atoms with E-state index in [9.17, 15) is 8.42 Å². The maximum atomic E-state index is 13.2. The molecule has 2 aliphatic rings. The van der Waals surface area contributed by atoms with Gasteiger partial charge in [-0.2, -0.15) is 0 Å². The van der Waals surface area contributed by atoms with E-state index in [-0.39, 0.29) is 24.2 Å². The van der Waals surface area contributed by atoms with Crippen molar-refractivity contribution >= 4 is 9.84 Å². The maximum Gasteiger partial charge on any atom is 0.231 e. The first kappa shape index (κ1) is 17.3. The molecule has 26 heavy (non-hydrogen) atoms. The lowest BCUT2D eigenvalue weighted by atomic mass is 10.1. The molecule has 4 rings (SSSR count). The van der Waals surface area contributed by atoms with Crippen molar-refractivity contribution in [1.29, 1.82) is 0 Å². The van der Waals surface area contributed by atoms with Crippen molar-refractivity contribution in [2.24, 2.45) is 5.73 Å². The zero-order valence-corrected chi connectivity index (χ0v) is 15.2. The predicted octanol–water partition coefficient (Wildman–Crippen LogP) is 2.09. The van der Waals surface area contributed by atoms with E-state index < -0.39 is 20.6 Å². The second kappa shape index (κ2) is 6.26. The number of ether oxygens (including phenoxy) is 3. The maximum absolute atomic E-state index is 13.2. The van der Waals surface area contributed by atoms with Gasteiger partial charge >= 0.3 is 0 Å². The van der Waals surface area contributed by atoms with Crippen LogP contribution in [-0.4, -0.2) is 39.2 Å². The van der Waals surface area contributed by atoms with Crippen molar-refractivity contribution in [3.8, 4) is 11.5 Å². The average molecular weight is 375 g/mol. The van der Waals surface area contributed by atoms with Crippen molar-refractivity contribution in [3.05, 3.63) is 54.1 Å². The van der Waals surface area contributed by atoms with Crippen LogP contribution in [-0.2, 0) is 14.6 Å². The summed E-state index contributed by atoms with van der Waals surface area (Å²) in [6, 6.07) is 13.9. The van der Waals surface area contributed by atoms with Crippen LogP contribution in [0.4, 0.5) is 0 Å². The summed E-state index contributed by atoms with van der Waals surface area (Å²) in [5.41, 5.74) is 6.39. The van der Waals surface area contributed by atoms with E-state index in [1.165, 1.54) is 0 Å². The van der Waals surface area contributed by atoms with Crippen LogP contribution in [0.2, 0.25) is 0 Å². The van der Waals surface area contributed by atoms with Gasteiger partial charge in [-0.15, -0.1) is 0 Å². The summed E-state index contributed by atoms with van der Waals surface area (Å²) in [4.78, 5) is 0.277. The number of nitrogens with two attached hydrogens (primary N) is 1. The lowest BCUT2D eigenvalue weighted by Crippen LogP contribution is -2.36. The van der Waals surface area contributed by atoms with Crippen molar-refractivity contribution in [3.63, 3.8) is 0 Å². The summed E-state index contributed by atoms with van der Waals surface area (Å²) in [7, 11) is -3.59. The monoisotopic (exact) mass is 375 g/mol. The predicted molar refractivity (Wildman–Crippen MR) is 96.1 cm³/mol. The molecule has 1 aliphatic heterocycles. The quantitative estimate of drug-likeness (QED) is 0.832. The summed E-state index contributed by atoms with van der Waals surface area (Å²) in [6.07, 6.45) is 0. The Kier molecular flexibility index (Phi) is 4.17. The van der Waals surface area contributed by atoms with Gasteiger partial charge in [-0.25, -0.2) is 8.42 Å². The minimum Gasteiger partial charge on any atom is -0.454 e. The summed E-state index contributed by atoms with van der Waals surface area (Å²) in [5.74, 6) is 0.905. The Bertz CT molecular complexity index is 915. The first-order valence-electron chi connectivity index (χ1n) is 8.53. The van der Waals surface area contributed by atoms with Gasteiger partial charge in [-0.1, -0.05) is 24.3 Å². The molecule has 2 aromatic carbocycles. The number of fused-ring (bicyclic) bond motifs is 1. The van der Waals surface area contributed by atoms with Crippen molar-refractivity contribution in [1.82, 2.24) is 0 Å². The van der Waals surface area contributed by atoms with Gasteiger partial charge in [0.25, 0.3) is 0 Å². The zero-order chi connectivity index (χ0) is 18.4. The molecule has 6 nitrogen and oxygen atoms in total. The molecule has 0 amide bonds. The van der Waals surface area contributed by atoms with Gasteiger partial charge in [0.05, 0.1) is 22.3 Å². The summed E-state index contributed by atoms with van der Waals surface area (Å²) < 4.78 is 42.7. The van der Waals surface area contributed by atoms with Gasteiger partial charge in [0, 0.05) is 12.5 Å². The van der Waals surface area contributed by atoms with Crippen LogP contribution in [0, 0.1) is 0 Å². The molecule has 0 unspecified atom stereocenters. The Morgan fingerprint density at radius 2 is 1.88 bits per heavy atom. The fourth-order valence-corrected chi connectivity index (χ4v) is 6.00. The second-order valence-corrected chi connectivity index (χ2v) is 8.69. The molecule has 138 valence electrons. The third-order valence-electron chi connectivity index (χ3n) is 5.02. The smallest absolute Gasteiger partial charge is 0.231 e. The molecule has 1 aliphatic carbocycles. The number of sulfone groups is 1. The highest BCUT2D eigenvalue weighted by Gasteiger charge is 2.69. The third kappa shape index (κ3) is 2.67. The molecular formula is C19H21NO5S. The number of hydrogen-bond acceptors (Lipinski definition) is 6. The molecule has 0 bridgehead atoms. The van der Waals surface area contributed by atoms with Gasteiger partial charge in [0.1, 0.15) is 0 Å². The van der Waals surface area contributed by atoms with E-state index in [0.717, 1.165) is 5.56 Å². The van der Waals surface area contributed by atoms with Gasteiger partial charge in [-0.3, -0.25) is 0 Å². The summed E-state index contributed by atoms with van der Waals surface area (Å²) in [6.45, 7) is 2.69. The van der Waals surface area contributed by atoms with Crippen molar-refractivity contribution in [2.45, 2.75) is 28.5 Å². The van der Waals surface area contributed by atoms with E-state index in [4.69, 9.17) is 19.9 Å². The summed E-state index contributed by atoms with van der Waals surface area (Å²) in [5, 5.41) is -0.746. The first-order chi connectivity index (χ1) is 12.5. The van der Waals surface area contributed by atoms with Crippen molar-refractivity contribution < 1.29 is 22.6 Å². The fourth-order valence-electron chi connectivity index (χ4n) is 3.69. The first-order valence-corrected chi connectivity index (χ1v) is 10.1. The van der Waals surface area contributed by atoms with Gasteiger partial charge in [0.2, 0.25) is 6.79 Å². The molecular weight excluding hydrogens is 354 g/mol. The molecule has 0 saturated heterocycles. The van der Waals surface area contributed by atoms with Gasteiger partial charge in [0.15, 0.2) is 21.3 Å². The fraction of sp³-hybridized carbons (Fsp3) is 0.368. The zero-order valence-electron chi connectivity index (χ0n) is 14.4. The normalized spacial score (nSPS) is 26.7. The van der Waals surface area contributed by atoms with Crippen LogP contribution >= 0.6 is 0 Å². The average Bonchev–Trinajstić information content (AvgIpc) is 3.03. The van der Waals surface area contributed by atoms with E-state index in [0.29, 0.717) is 18.1 Å². The van der Waals surface area contributed by atoms with Gasteiger partial charge < -0.3 is 19.9 Å². The minimum absolute atomic E-state index is 0.169. The SMILES string of the molecule is CCOC[C@]1(N)[C@H](c2ccc3c(c2)OCO3)[C@H]1S(=O)(=O)c1ccccc1. The highest BCUT2D eigenvalue weighted by atomic mass is 32.2. The standard InChI is InChI=1S/C19H21NO5S/c1-2-23-11-19(20)17(13-8-9-15-16(10-13)25-12-24-15)18(19)26(21,22)14-6-4-3-5-7-14/h3-10,17-18H,2,11-12,20H2,1H3/t17-,18-,19+/m1/s1. The third-order valence-corrected chi connectivity index (χ3v) is 7.33. The molecule has 0 spiro atoms. The highest BCUT2D eigenvalue weighted by Crippen LogP contribution is 2.56. The summed E-state index contributed by atoms with van der Waals surface area (Å²) >= 11 is 0. The lowest BCUT2D eigenvalue weighted by Gasteiger charge is -2.12. The molecule has 7 heteroatoms. The molecule has 0 aromatic heterocycles. The molecule has 2 aromatic rings. The van der Waals surface area contributed by atoms with E-state index in [1.807, 2.05) is 19.1 Å². The number of rotatable bonds is 6. The van der Waals surface area contributed by atoms with Crippen LogP contribution in [0.3, 0.4) is 0 Å². The molecule has 2 N–H and O–H groups in total. The Morgan fingerprint density at radius 1 is 1.15 bits per heavy atom. The van der Waals surface area contributed by atoms with Crippen LogP contribution in [0.1, 0.15) is 18.4 Å². The molecule has 1 saturated carbocycles. The minimum atomic E-state index is -3.59. The largest absolute Gasteiger partial charge is 0.454 e. The molecule has 0 radical (unpaired) electrons. The molecule has 1 fully saturated rings. The van der Waals surface area contributed by atoms with Crippen LogP contribution in [0.25, 0.3) is 0 Å². The Balaban J connectivity index is 1.72. The Labute approximate surface area is 152 Å². The number of benzene rings is 2. The topological polar surface area (TPSA) is 87.8 Å². The van der Waals surface area contributed by atoms with Crippen LogP contribution < -0.4 is 15.2 Å².